The molecule has 0 aromatic heterocycles. The normalized spacial score (nSPS) is 23.2. The molecule has 0 bridgehead atoms. The van der Waals surface area contributed by atoms with E-state index in [1.807, 2.05) is 13.0 Å². The van der Waals surface area contributed by atoms with E-state index in [0.717, 1.165) is 11.0 Å². The molecule has 4 nitrogen and oxygen atoms in total. The number of aliphatic hydroxyl groups excluding tert-OH is 1. The average molecular weight is 377 g/mol. The van der Waals surface area contributed by atoms with Gasteiger partial charge in [0.05, 0.1) is 23.8 Å². The van der Waals surface area contributed by atoms with Crippen molar-refractivity contribution in [1.29, 1.82) is 0 Å². The molecule has 116 valence electrons. The van der Waals surface area contributed by atoms with E-state index in [1.165, 1.54) is 0 Å². The number of aliphatic hydroxyl groups is 1. The number of rotatable bonds is 5. The fraction of sp³-hybridized carbons (Fsp3) is 0.533. The van der Waals surface area contributed by atoms with Gasteiger partial charge in [0.1, 0.15) is 0 Å². The van der Waals surface area contributed by atoms with Crippen LogP contribution < -0.4 is 0 Å². The number of nitrogens with zero attached hydrogens (tertiary/aromatic N) is 1. The van der Waals surface area contributed by atoms with Crippen LogP contribution in [-0.2, 0) is 4.74 Å². The molecule has 2 atom stereocenters. The van der Waals surface area contributed by atoms with Crippen LogP contribution in [0.25, 0.3) is 0 Å². The lowest BCUT2D eigenvalue weighted by Crippen LogP contribution is -2.48. The zero-order valence-electron chi connectivity index (χ0n) is 11.9. The topological polar surface area (TPSA) is 49.8 Å². The Morgan fingerprint density at radius 1 is 1.52 bits per heavy atom. The van der Waals surface area contributed by atoms with E-state index in [9.17, 15) is 9.90 Å². The Labute approximate surface area is 138 Å². The summed E-state index contributed by atoms with van der Waals surface area (Å²) in [7, 11) is 0. The highest BCUT2D eigenvalue weighted by Gasteiger charge is 2.25. The third-order valence-corrected chi connectivity index (χ3v) is 4.30. The van der Waals surface area contributed by atoms with Gasteiger partial charge < -0.3 is 9.84 Å². The van der Waals surface area contributed by atoms with Gasteiger partial charge in [-0.2, -0.15) is 0 Å². The van der Waals surface area contributed by atoms with Crippen molar-refractivity contribution in [1.82, 2.24) is 4.90 Å². The van der Waals surface area contributed by atoms with Crippen LogP contribution in [0.2, 0.25) is 5.02 Å². The molecule has 0 spiro atoms. The van der Waals surface area contributed by atoms with E-state index < -0.39 is 0 Å². The van der Waals surface area contributed by atoms with Gasteiger partial charge in [0.15, 0.2) is 5.78 Å². The minimum Gasteiger partial charge on any atom is -0.394 e. The predicted molar refractivity (Wildman–Crippen MR) is 86.0 cm³/mol. The number of Topliss-reactive ketones (excluding diaryl/α,β-unsaturated/α-hetero) is 1. The van der Waals surface area contributed by atoms with Gasteiger partial charge in [-0.25, -0.2) is 0 Å². The number of hydrogen-bond donors (Lipinski definition) is 1. The van der Waals surface area contributed by atoms with Crippen molar-refractivity contribution in [2.45, 2.75) is 25.6 Å². The molecule has 0 aliphatic carbocycles. The van der Waals surface area contributed by atoms with E-state index in [-0.39, 0.29) is 24.6 Å². The van der Waals surface area contributed by atoms with Crippen molar-refractivity contribution in [3.8, 4) is 0 Å². The Morgan fingerprint density at radius 2 is 2.29 bits per heavy atom. The van der Waals surface area contributed by atoms with Crippen LogP contribution in [0.1, 0.15) is 23.7 Å². The summed E-state index contributed by atoms with van der Waals surface area (Å²) in [6.45, 7) is 4.06. The summed E-state index contributed by atoms with van der Waals surface area (Å²) in [5, 5.41) is 9.67. The van der Waals surface area contributed by atoms with Gasteiger partial charge in [0.2, 0.25) is 0 Å². The Morgan fingerprint density at radius 3 is 2.95 bits per heavy atom. The molecular formula is C15H19BrClNO3. The van der Waals surface area contributed by atoms with Crippen LogP contribution in [0, 0.1) is 0 Å². The molecule has 1 saturated heterocycles. The van der Waals surface area contributed by atoms with E-state index in [2.05, 4.69) is 20.8 Å². The largest absolute Gasteiger partial charge is 0.394 e. The molecule has 0 saturated carbocycles. The molecule has 1 N–H and O–H groups in total. The Bertz CT molecular complexity index is 512. The molecule has 1 aromatic rings. The second-order valence-corrected chi connectivity index (χ2v) is 6.63. The van der Waals surface area contributed by atoms with E-state index in [4.69, 9.17) is 16.3 Å². The molecule has 1 aliphatic heterocycles. The molecular weight excluding hydrogens is 358 g/mol. The molecule has 1 fully saturated rings. The molecule has 1 heterocycles. The second kappa shape index (κ2) is 7.70. The van der Waals surface area contributed by atoms with E-state index >= 15 is 0 Å². The summed E-state index contributed by atoms with van der Waals surface area (Å²) >= 11 is 9.42. The van der Waals surface area contributed by atoms with Crippen LogP contribution in [0.5, 0.6) is 0 Å². The summed E-state index contributed by atoms with van der Waals surface area (Å²) in [4.78, 5) is 14.4. The number of halogens is 2. The number of carbonyl (C=O) groups excluding carboxylic acids is 1. The number of benzene rings is 1. The van der Waals surface area contributed by atoms with Gasteiger partial charge in [0.25, 0.3) is 0 Å². The SMILES string of the molecule is CC1CN(CCC(=O)c2ccc(Br)cc2Cl)CC(CO)O1. The first-order valence-electron chi connectivity index (χ1n) is 6.96. The average Bonchev–Trinajstić information content (AvgIpc) is 2.44. The molecule has 2 unspecified atom stereocenters. The predicted octanol–water partition coefficient (Wildman–Crippen LogP) is 2.76. The zero-order valence-corrected chi connectivity index (χ0v) is 14.2. The van der Waals surface area contributed by atoms with Crippen LogP contribution >= 0.6 is 27.5 Å². The van der Waals surface area contributed by atoms with E-state index in [1.54, 1.807) is 12.1 Å². The smallest absolute Gasteiger partial charge is 0.165 e. The fourth-order valence-corrected chi connectivity index (χ4v) is 3.31. The van der Waals surface area contributed by atoms with Gasteiger partial charge in [-0.15, -0.1) is 0 Å². The van der Waals surface area contributed by atoms with Crippen molar-refractivity contribution < 1.29 is 14.6 Å². The third kappa shape index (κ3) is 4.76. The Hall–Kier alpha value is -0.460. The molecule has 1 aliphatic rings. The number of hydrogen-bond acceptors (Lipinski definition) is 4. The summed E-state index contributed by atoms with van der Waals surface area (Å²) in [6, 6.07) is 5.29. The van der Waals surface area contributed by atoms with Crippen LogP contribution in [0.3, 0.4) is 0 Å². The summed E-state index contributed by atoms with van der Waals surface area (Å²) in [5.41, 5.74) is 0.555. The highest BCUT2D eigenvalue weighted by molar-refractivity contribution is 9.10. The Kier molecular flexibility index (Phi) is 6.20. The number of ketones is 1. The van der Waals surface area contributed by atoms with Crippen LogP contribution in [0.15, 0.2) is 22.7 Å². The van der Waals surface area contributed by atoms with Crippen LogP contribution in [-0.4, -0.2) is 54.2 Å². The standard InChI is InChI=1S/C15H19BrClNO3/c1-10-7-18(8-12(9-19)21-10)5-4-15(20)13-3-2-11(16)6-14(13)17/h2-3,6,10,12,19H,4-5,7-9H2,1H3. The summed E-state index contributed by atoms with van der Waals surface area (Å²) in [6.07, 6.45) is 0.314. The van der Waals surface area contributed by atoms with E-state index in [0.29, 0.717) is 30.1 Å². The maximum absolute atomic E-state index is 12.2. The van der Waals surface area contributed by atoms with Gasteiger partial charge in [-0.05, 0) is 25.1 Å². The van der Waals surface area contributed by atoms with Crippen molar-refractivity contribution in [3.05, 3.63) is 33.3 Å². The van der Waals surface area contributed by atoms with Gasteiger partial charge in [0, 0.05) is 36.1 Å². The van der Waals surface area contributed by atoms with Gasteiger partial charge >= 0.3 is 0 Å². The molecule has 2 rings (SSSR count). The maximum Gasteiger partial charge on any atom is 0.165 e. The van der Waals surface area contributed by atoms with Gasteiger partial charge in [-0.3, -0.25) is 9.69 Å². The third-order valence-electron chi connectivity index (χ3n) is 3.49. The molecule has 0 radical (unpaired) electrons. The number of carbonyl (C=O) groups is 1. The van der Waals surface area contributed by atoms with Crippen LogP contribution in [0.4, 0.5) is 0 Å². The second-order valence-electron chi connectivity index (χ2n) is 5.31. The van der Waals surface area contributed by atoms with Crippen molar-refractivity contribution in [2.24, 2.45) is 0 Å². The number of ether oxygens (including phenoxy) is 1. The first kappa shape index (κ1) is 16.9. The Balaban J connectivity index is 1.91. The summed E-state index contributed by atoms with van der Waals surface area (Å²) in [5.74, 6) is 0.0344. The lowest BCUT2D eigenvalue weighted by Gasteiger charge is -2.35. The highest BCUT2D eigenvalue weighted by Crippen LogP contribution is 2.22. The molecule has 21 heavy (non-hydrogen) atoms. The minimum absolute atomic E-state index is 0.00727. The zero-order chi connectivity index (χ0) is 15.4. The highest BCUT2D eigenvalue weighted by atomic mass is 79.9. The van der Waals surface area contributed by atoms with Crippen molar-refractivity contribution >= 4 is 33.3 Å². The fourth-order valence-electron chi connectivity index (χ4n) is 2.53. The molecule has 6 heteroatoms. The summed E-state index contributed by atoms with van der Waals surface area (Å²) < 4.78 is 6.44. The van der Waals surface area contributed by atoms with Gasteiger partial charge in [-0.1, -0.05) is 27.5 Å². The first-order valence-corrected chi connectivity index (χ1v) is 8.13. The van der Waals surface area contributed by atoms with Crippen molar-refractivity contribution in [3.63, 3.8) is 0 Å². The molecule has 1 aromatic carbocycles. The molecule has 0 amide bonds. The first-order chi connectivity index (χ1) is 9.99. The monoisotopic (exact) mass is 375 g/mol. The maximum atomic E-state index is 12.2. The lowest BCUT2D eigenvalue weighted by molar-refractivity contribution is -0.0947. The minimum atomic E-state index is -0.167. The van der Waals surface area contributed by atoms with Crippen molar-refractivity contribution in [2.75, 3.05) is 26.2 Å². The number of morpholine rings is 1. The quantitative estimate of drug-likeness (QED) is 0.803. The lowest BCUT2D eigenvalue weighted by atomic mass is 10.1.